The van der Waals surface area contributed by atoms with E-state index in [-0.39, 0.29) is 6.10 Å². The van der Waals surface area contributed by atoms with E-state index < -0.39 is 0 Å². The average molecular weight is 215 g/mol. The smallest absolute Gasteiger partial charge is 0.0788 e. The summed E-state index contributed by atoms with van der Waals surface area (Å²) in [6.07, 6.45) is 2.18. The van der Waals surface area contributed by atoms with Crippen LogP contribution >= 0.6 is 0 Å². The predicted octanol–water partition coefficient (Wildman–Crippen LogP) is -0.420. The molecule has 0 aromatic heterocycles. The van der Waals surface area contributed by atoms with E-state index in [1.54, 1.807) is 0 Å². The Balaban J connectivity index is 2.08. The Morgan fingerprint density at radius 1 is 1.60 bits per heavy atom. The average Bonchev–Trinajstić information content (AvgIpc) is 2.61. The number of hydrogen-bond acceptors (Lipinski definition) is 4. The van der Waals surface area contributed by atoms with Gasteiger partial charge in [0.2, 0.25) is 0 Å². The lowest BCUT2D eigenvalue weighted by molar-refractivity contribution is 0.129. The van der Waals surface area contributed by atoms with Gasteiger partial charge < -0.3 is 20.6 Å². The molecular formula is C11H25N3O. The Labute approximate surface area is 93.0 Å². The second kappa shape index (κ2) is 6.43. The minimum atomic E-state index is -0.374. The molecule has 0 radical (unpaired) electrons. The number of nitrogens with zero attached hydrogens (tertiary/aromatic N) is 2. The van der Waals surface area contributed by atoms with Crippen molar-refractivity contribution < 1.29 is 5.11 Å². The van der Waals surface area contributed by atoms with Gasteiger partial charge in [0.25, 0.3) is 0 Å². The van der Waals surface area contributed by atoms with Gasteiger partial charge in [0.15, 0.2) is 0 Å². The first-order valence-corrected chi connectivity index (χ1v) is 5.87. The summed E-state index contributed by atoms with van der Waals surface area (Å²) in [5.74, 6) is 0.840. The molecule has 90 valence electrons. The highest BCUT2D eigenvalue weighted by Crippen LogP contribution is 2.17. The van der Waals surface area contributed by atoms with Gasteiger partial charge in [0.05, 0.1) is 6.10 Å². The van der Waals surface area contributed by atoms with Crippen molar-refractivity contribution in [2.24, 2.45) is 11.7 Å². The molecule has 15 heavy (non-hydrogen) atoms. The molecule has 1 saturated heterocycles. The lowest BCUT2D eigenvalue weighted by atomic mass is 10.0. The fourth-order valence-electron chi connectivity index (χ4n) is 2.19. The Bertz CT molecular complexity index is 177. The molecule has 2 unspecified atom stereocenters. The van der Waals surface area contributed by atoms with Crippen molar-refractivity contribution in [1.29, 1.82) is 0 Å². The molecule has 4 heteroatoms. The van der Waals surface area contributed by atoms with Gasteiger partial charge in [-0.2, -0.15) is 0 Å². The summed E-state index contributed by atoms with van der Waals surface area (Å²) in [6.45, 7) is 4.58. The topological polar surface area (TPSA) is 52.7 Å². The van der Waals surface area contributed by atoms with E-state index in [1.165, 1.54) is 25.9 Å². The van der Waals surface area contributed by atoms with Crippen LogP contribution in [-0.4, -0.2) is 67.8 Å². The van der Waals surface area contributed by atoms with E-state index in [2.05, 4.69) is 23.9 Å². The fraction of sp³-hybridized carbons (Fsp3) is 1.00. The number of likely N-dealkylation sites (N-methyl/N-ethyl adjacent to an activating group) is 1. The van der Waals surface area contributed by atoms with Gasteiger partial charge in [-0.15, -0.1) is 0 Å². The van der Waals surface area contributed by atoms with E-state index in [0.717, 1.165) is 12.5 Å². The van der Waals surface area contributed by atoms with Crippen molar-refractivity contribution in [3.8, 4) is 0 Å². The molecule has 1 aliphatic heterocycles. The summed E-state index contributed by atoms with van der Waals surface area (Å²) in [7, 11) is 4.24. The first kappa shape index (κ1) is 12.9. The molecule has 3 N–H and O–H groups in total. The Kier molecular flexibility index (Phi) is 5.53. The van der Waals surface area contributed by atoms with Crippen molar-refractivity contribution in [1.82, 2.24) is 9.80 Å². The molecule has 0 amide bonds. The number of hydrogen-bond donors (Lipinski definition) is 2. The Hall–Kier alpha value is -0.160. The lowest BCUT2D eigenvalue weighted by Gasteiger charge is -2.21. The third kappa shape index (κ3) is 4.93. The molecule has 0 aromatic rings. The third-order valence-electron chi connectivity index (χ3n) is 3.20. The fourth-order valence-corrected chi connectivity index (χ4v) is 2.19. The van der Waals surface area contributed by atoms with Gasteiger partial charge in [0, 0.05) is 19.6 Å². The van der Waals surface area contributed by atoms with Gasteiger partial charge in [-0.25, -0.2) is 0 Å². The van der Waals surface area contributed by atoms with Crippen LogP contribution in [-0.2, 0) is 0 Å². The molecule has 0 spiro atoms. The van der Waals surface area contributed by atoms with E-state index in [9.17, 15) is 5.11 Å². The summed E-state index contributed by atoms with van der Waals surface area (Å²) in [5.41, 5.74) is 5.37. The zero-order chi connectivity index (χ0) is 11.3. The maximum atomic E-state index is 9.39. The van der Waals surface area contributed by atoms with Crippen LogP contribution in [0.3, 0.4) is 0 Å². The monoisotopic (exact) mass is 215 g/mol. The highest BCUT2D eigenvalue weighted by atomic mass is 16.3. The summed E-state index contributed by atoms with van der Waals surface area (Å²) < 4.78 is 0. The van der Waals surface area contributed by atoms with Crippen LogP contribution in [0, 0.1) is 5.92 Å². The van der Waals surface area contributed by atoms with E-state index in [4.69, 9.17) is 5.73 Å². The maximum Gasteiger partial charge on any atom is 0.0788 e. The molecule has 1 heterocycles. The second-order valence-electron chi connectivity index (χ2n) is 4.86. The van der Waals surface area contributed by atoms with E-state index >= 15 is 0 Å². The van der Waals surface area contributed by atoms with E-state index in [1.807, 2.05) is 0 Å². The quantitative estimate of drug-likeness (QED) is 0.632. The predicted molar refractivity (Wildman–Crippen MR) is 62.8 cm³/mol. The van der Waals surface area contributed by atoms with Crippen LogP contribution in [0.5, 0.6) is 0 Å². The number of aliphatic hydroxyl groups excluding tert-OH is 1. The summed E-state index contributed by atoms with van der Waals surface area (Å²) in [6, 6.07) is 0. The summed E-state index contributed by atoms with van der Waals surface area (Å²) >= 11 is 0. The van der Waals surface area contributed by atoms with Crippen LogP contribution < -0.4 is 5.73 Å². The van der Waals surface area contributed by atoms with Crippen LogP contribution in [0.4, 0.5) is 0 Å². The second-order valence-corrected chi connectivity index (χ2v) is 4.86. The van der Waals surface area contributed by atoms with E-state index in [0.29, 0.717) is 13.1 Å². The molecule has 0 aliphatic carbocycles. The summed E-state index contributed by atoms with van der Waals surface area (Å²) in [5, 5.41) is 9.39. The zero-order valence-electron chi connectivity index (χ0n) is 10.0. The minimum Gasteiger partial charge on any atom is -0.390 e. The highest BCUT2D eigenvalue weighted by molar-refractivity contribution is 4.74. The first-order chi connectivity index (χ1) is 7.11. The molecule has 4 nitrogen and oxygen atoms in total. The Morgan fingerprint density at radius 2 is 2.33 bits per heavy atom. The summed E-state index contributed by atoms with van der Waals surface area (Å²) in [4.78, 5) is 4.56. The molecule has 0 aromatic carbocycles. The molecule has 1 rings (SSSR count). The minimum absolute atomic E-state index is 0.358. The standard InChI is InChI=1S/C11H25N3O/c1-13-5-3-10(8-13)4-6-14(2)9-11(15)7-12/h10-11,15H,3-9,12H2,1-2H3. The van der Waals surface area contributed by atoms with Crippen molar-refractivity contribution in [3.05, 3.63) is 0 Å². The molecule has 0 bridgehead atoms. The molecule has 0 saturated carbocycles. The van der Waals surface area contributed by atoms with Crippen LogP contribution in [0.1, 0.15) is 12.8 Å². The normalized spacial score (nSPS) is 25.0. The SMILES string of the molecule is CN(CCC1CCN(C)C1)CC(O)CN. The lowest BCUT2D eigenvalue weighted by Crippen LogP contribution is -2.35. The first-order valence-electron chi connectivity index (χ1n) is 5.87. The Morgan fingerprint density at radius 3 is 2.87 bits per heavy atom. The van der Waals surface area contributed by atoms with Gasteiger partial charge >= 0.3 is 0 Å². The third-order valence-corrected chi connectivity index (χ3v) is 3.20. The number of likely N-dealkylation sites (tertiary alicyclic amines) is 1. The number of aliphatic hydroxyl groups is 1. The molecule has 1 aliphatic rings. The zero-order valence-corrected chi connectivity index (χ0v) is 10.0. The van der Waals surface area contributed by atoms with Gasteiger partial charge in [0.1, 0.15) is 0 Å². The van der Waals surface area contributed by atoms with Crippen LogP contribution in [0.25, 0.3) is 0 Å². The largest absolute Gasteiger partial charge is 0.390 e. The van der Waals surface area contributed by atoms with Crippen molar-refractivity contribution in [2.45, 2.75) is 18.9 Å². The highest BCUT2D eigenvalue weighted by Gasteiger charge is 2.19. The van der Waals surface area contributed by atoms with Crippen molar-refractivity contribution >= 4 is 0 Å². The molecule has 2 atom stereocenters. The van der Waals surface area contributed by atoms with Crippen molar-refractivity contribution in [2.75, 3.05) is 46.8 Å². The number of rotatable bonds is 6. The van der Waals surface area contributed by atoms with Gasteiger partial charge in [-0.1, -0.05) is 0 Å². The molecule has 1 fully saturated rings. The number of nitrogens with two attached hydrogens (primary N) is 1. The van der Waals surface area contributed by atoms with Crippen LogP contribution in [0.2, 0.25) is 0 Å². The van der Waals surface area contributed by atoms with Gasteiger partial charge in [-0.3, -0.25) is 0 Å². The van der Waals surface area contributed by atoms with Crippen molar-refractivity contribution in [3.63, 3.8) is 0 Å². The molecular weight excluding hydrogens is 190 g/mol. The van der Waals surface area contributed by atoms with Crippen LogP contribution in [0.15, 0.2) is 0 Å². The maximum absolute atomic E-state index is 9.39. The van der Waals surface area contributed by atoms with Gasteiger partial charge in [-0.05, 0) is 45.9 Å².